The van der Waals surface area contributed by atoms with Gasteiger partial charge in [0, 0.05) is 23.5 Å². The van der Waals surface area contributed by atoms with Crippen LogP contribution in [0.3, 0.4) is 0 Å². The van der Waals surface area contributed by atoms with Gasteiger partial charge in [-0.25, -0.2) is 4.79 Å². The Labute approximate surface area is 169 Å². The van der Waals surface area contributed by atoms with E-state index in [9.17, 15) is 9.90 Å². The molecule has 0 spiro atoms. The zero-order valence-electron chi connectivity index (χ0n) is 16.4. The summed E-state index contributed by atoms with van der Waals surface area (Å²) in [6, 6.07) is 6.83. The van der Waals surface area contributed by atoms with Gasteiger partial charge in [0.2, 0.25) is 0 Å². The Balaban J connectivity index is 1.64. The van der Waals surface area contributed by atoms with Gasteiger partial charge in [-0.3, -0.25) is 0 Å². The number of rotatable bonds is 3. The van der Waals surface area contributed by atoms with E-state index in [0.29, 0.717) is 12.5 Å². The molecule has 4 rings (SSSR count). The molecule has 2 fully saturated rings. The lowest BCUT2D eigenvalue weighted by Gasteiger charge is -2.44. The fraction of sp³-hybridized carbons (Fsp3) is 0.591. The number of hydrogen-bond acceptors (Lipinski definition) is 1. The van der Waals surface area contributed by atoms with Crippen LogP contribution in [0.2, 0.25) is 0 Å². The van der Waals surface area contributed by atoms with Gasteiger partial charge < -0.3 is 15.0 Å². The van der Waals surface area contributed by atoms with Gasteiger partial charge in [-0.05, 0) is 88.5 Å². The molecule has 0 bridgehead atoms. The highest BCUT2D eigenvalue weighted by Crippen LogP contribution is 2.42. The van der Waals surface area contributed by atoms with Gasteiger partial charge >= 0.3 is 6.09 Å². The van der Waals surface area contributed by atoms with Crippen LogP contribution in [0.1, 0.15) is 63.5 Å². The highest BCUT2D eigenvalue weighted by molar-refractivity contribution is 9.10. The van der Waals surface area contributed by atoms with Gasteiger partial charge in [-0.1, -0.05) is 26.8 Å². The van der Waals surface area contributed by atoms with Crippen LogP contribution in [0.15, 0.2) is 22.8 Å². The summed E-state index contributed by atoms with van der Waals surface area (Å²) < 4.78 is 1.12. The van der Waals surface area contributed by atoms with Gasteiger partial charge in [0.05, 0.1) is 4.60 Å². The molecule has 1 aliphatic heterocycles. The van der Waals surface area contributed by atoms with Crippen molar-refractivity contribution >= 4 is 32.9 Å². The predicted molar refractivity (Wildman–Crippen MR) is 112 cm³/mol. The molecule has 2 heterocycles. The van der Waals surface area contributed by atoms with Crippen LogP contribution in [-0.2, 0) is 6.42 Å². The summed E-state index contributed by atoms with van der Waals surface area (Å²) in [4.78, 5) is 16.8. The molecule has 2 aromatic rings. The lowest BCUT2D eigenvalue weighted by atomic mass is 9.75. The van der Waals surface area contributed by atoms with E-state index >= 15 is 0 Å². The lowest BCUT2D eigenvalue weighted by Crippen LogP contribution is -2.51. The first-order valence-corrected chi connectivity index (χ1v) is 10.8. The minimum absolute atomic E-state index is 0.0494. The summed E-state index contributed by atoms with van der Waals surface area (Å²) in [5, 5.41) is 10.9. The number of nitrogens with zero attached hydrogens (tertiary/aromatic N) is 1. The molecule has 1 aromatic carbocycles. The molecule has 5 heteroatoms. The molecule has 4 nitrogen and oxygen atoms in total. The van der Waals surface area contributed by atoms with Crippen molar-refractivity contribution in [2.24, 2.45) is 11.3 Å². The smallest absolute Gasteiger partial charge is 0.407 e. The van der Waals surface area contributed by atoms with E-state index in [0.717, 1.165) is 29.8 Å². The second kappa shape index (κ2) is 6.84. The number of carboxylic acid groups (broad SMARTS) is 1. The van der Waals surface area contributed by atoms with Crippen molar-refractivity contribution in [3.63, 3.8) is 0 Å². The molecule has 27 heavy (non-hydrogen) atoms. The number of benzene rings is 1. The number of H-pyrrole nitrogens is 1. The van der Waals surface area contributed by atoms with Crippen LogP contribution in [0.5, 0.6) is 0 Å². The summed E-state index contributed by atoms with van der Waals surface area (Å²) in [6.45, 7) is 7.06. The average molecular weight is 433 g/mol. The van der Waals surface area contributed by atoms with E-state index in [1.165, 1.54) is 34.9 Å². The summed E-state index contributed by atoms with van der Waals surface area (Å²) in [5.41, 5.74) is 3.89. The second-order valence-corrected chi connectivity index (χ2v) is 10.2. The molecule has 1 saturated heterocycles. The number of nitrogens with one attached hydrogen (secondary N) is 1. The minimum atomic E-state index is -0.787. The molecular formula is C22H29BrN2O2. The summed E-state index contributed by atoms with van der Waals surface area (Å²) >= 11 is 3.72. The minimum Gasteiger partial charge on any atom is -0.465 e. The Hall–Kier alpha value is -1.49. The maximum absolute atomic E-state index is 11.7. The Bertz CT molecular complexity index is 863. The summed E-state index contributed by atoms with van der Waals surface area (Å²) in [7, 11) is 0. The van der Waals surface area contributed by atoms with Crippen LogP contribution in [0.25, 0.3) is 10.9 Å². The van der Waals surface area contributed by atoms with Crippen LogP contribution >= 0.6 is 15.9 Å². The van der Waals surface area contributed by atoms with Crippen molar-refractivity contribution in [3.8, 4) is 0 Å². The first kappa shape index (κ1) is 18.9. The molecule has 1 amide bonds. The Morgan fingerprint density at radius 1 is 1.30 bits per heavy atom. The number of fused-ring (bicyclic) bond motifs is 1. The quantitative estimate of drug-likeness (QED) is 0.610. The van der Waals surface area contributed by atoms with Crippen molar-refractivity contribution in [3.05, 3.63) is 33.9 Å². The summed E-state index contributed by atoms with van der Waals surface area (Å²) in [5.74, 6) is 1.25. The Morgan fingerprint density at radius 3 is 2.67 bits per heavy atom. The lowest BCUT2D eigenvalue weighted by molar-refractivity contribution is 0.0526. The second-order valence-electron chi connectivity index (χ2n) is 9.45. The number of aromatic amines is 1. The van der Waals surface area contributed by atoms with Crippen molar-refractivity contribution in [2.75, 3.05) is 6.54 Å². The van der Waals surface area contributed by atoms with Gasteiger partial charge in [-0.2, -0.15) is 0 Å². The summed E-state index contributed by atoms with van der Waals surface area (Å²) in [6.07, 6.45) is 4.84. The fourth-order valence-corrected chi connectivity index (χ4v) is 5.20. The maximum Gasteiger partial charge on any atom is 0.407 e. The molecule has 1 aromatic heterocycles. The van der Waals surface area contributed by atoms with Crippen molar-refractivity contribution in [1.29, 1.82) is 0 Å². The largest absolute Gasteiger partial charge is 0.465 e. The molecule has 1 saturated carbocycles. The highest BCUT2D eigenvalue weighted by atomic mass is 79.9. The van der Waals surface area contributed by atoms with Crippen LogP contribution < -0.4 is 0 Å². The molecule has 2 aliphatic rings. The van der Waals surface area contributed by atoms with E-state index in [4.69, 9.17) is 0 Å². The first-order chi connectivity index (χ1) is 12.7. The third-order valence-corrected chi connectivity index (χ3v) is 7.06. The van der Waals surface area contributed by atoms with E-state index in [-0.39, 0.29) is 11.5 Å². The fourth-order valence-electron chi connectivity index (χ4n) is 4.61. The standard InChI is InChI=1S/C22H29BrN2O2/c1-22(2,3)19-12-15(8-9-25(19)21(26)27)14-6-7-18-16(11-14)17(20(23)24-18)10-13-4-5-13/h6-7,11,13,15,19,24H,4-5,8-10,12H2,1-3H3,(H,26,27). The van der Waals surface area contributed by atoms with Crippen LogP contribution in [-0.4, -0.2) is 33.7 Å². The molecule has 2 N–H and O–H groups in total. The third kappa shape index (κ3) is 3.75. The van der Waals surface area contributed by atoms with Gasteiger partial charge in [0.15, 0.2) is 0 Å². The normalized spacial score (nSPS) is 23.8. The van der Waals surface area contributed by atoms with E-state index < -0.39 is 6.09 Å². The zero-order valence-corrected chi connectivity index (χ0v) is 18.0. The topological polar surface area (TPSA) is 56.3 Å². The first-order valence-electron chi connectivity index (χ1n) is 10.0. The number of aromatic nitrogens is 1. The molecular weight excluding hydrogens is 404 g/mol. The molecule has 1 aliphatic carbocycles. The number of likely N-dealkylation sites (tertiary alicyclic amines) is 1. The van der Waals surface area contributed by atoms with Crippen molar-refractivity contribution < 1.29 is 9.90 Å². The number of amides is 1. The Kier molecular flexibility index (Phi) is 4.77. The zero-order chi connectivity index (χ0) is 19.3. The van der Waals surface area contributed by atoms with Crippen LogP contribution in [0.4, 0.5) is 4.79 Å². The molecule has 2 atom stereocenters. The monoisotopic (exact) mass is 432 g/mol. The van der Waals surface area contributed by atoms with E-state index in [1.807, 2.05) is 0 Å². The highest BCUT2D eigenvalue weighted by Gasteiger charge is 2.39. The van der Waals surface area contributed by atoms with Gasteiger partial charge in [0.25, 0.3) is 0 Å². The molecule has 2 unspecified atom stereocenters. The predicted octanol–water partition coefficient (Wildman–Crippen LogP) is 6.16. The van der Waals surface area contributed by atoms with E-state index in [2.05, 4.69) is 59.9 Å². The average Bonchev–Trinajstić information content (AvgIpc) is 3.37. The third-order valence-electron chi connectivity index (χ3n) is 6.39. The molecule has 0 radical (unpaired) electrons. The van der Waals surface area contributed by atoms with Gasteiger partial charge in [-0.15, -0.1) is 0 Å². The van der Waals surface area contributed by atoms with Crippen molar-refractivity contribution in [2.45, 2.75) is 64.8 Å². The maximum atomic E-state index is 11.7. The number of halogens is 1. The van der Waals surface area contributed by atoms with Crippen molar-refractivity contribution in [1.82, 2.24) is 9.88 Å². The Morgan fingerprint density at radius 2 is 2.04 bits per heavy atom. The van der Waals surface area contributed by atoms with Crippen LogP contribution in [0, 0.1) is 11.3 Å². The number of piperidine rings is 1. The van der Waals surface area contributed by atoms with E-state index in [1.54, 1.807) is 4.90 Å². The van der Waals surface area contributed by atoms with Gasteiger partial charge in [0.1, 0.15) is 0 Å². The molecule has 146 valence electrons. The SMILES string of the molecule is CC(C)(C)C1CC(c2ccc3[nH]c(Br)c(CC4CC4)c3c2)CCN1C(=O)O. The number of carbonyl (C=O) groups is 1. The number of hydrogen-bond donors (Lipinski definition) is 2.